The molecule has 6 heteroatoms. The molecule has 0 aromatic carbocycles. The van der Waals surface area contributed by atoms with Crippen LogP contribution in [0.2, 0.25) is 0 Å². The molecule has 0 bridgehead atoms. The average molecular weight is 1110 g/mol. The van der Waals surface area contributed by atoms with Crippen LogP contribution in [0.3, 0.4) is 0 Å². The lowest BCUT2D eigenvalue weighted by Gasteiger charge is -2.18. The molecular weight excluding hydrogens is 985 g/mol. The van der Waals surface area contributed by atoms with Crippen LogP contribution < -0.4 is 0 Å². The molecule has 1 atom stereocenters. The number of rotatable bonds is 59. The number of carbonyl (C=O) groups is 3. The van der Waals surface area contributed by atoms with E-state index in [1.54, 1.807) is 0 Å². The minimum atomic E-state index is -0.830. The molecule has 0 aromatic heterocycles. The number of carbonyl (C=O) groups excluding carboxylic acids is 3. The smallest absolute Gasteiger partial charge is 0.306 e. The van der Waals surface area contributed by atoms with Crippen LogP contribution in [0.5, 0.6) is 0 Å². The van der Waals surface area contributed by atoms with Gasteiger partial charge in [-0.3, -0.25) is 14.4 Å². The Morgan fingerprint density at radius 1 is 0.263 bits per heavy atom. The number of hydrogen-bond acceptors (Lipinski definition) is 6. The van der Waals surface area contributed by atoms with E-state index in [0.29, 0.717) is 19.3 Å². The monoisotopic (exact) mass is 1110 g/mol. The Labute approximate surface area is 494 Å². The molecule has 0 saturated heterocycles. The zero-order chi connectivity index (χ0) is 57.8. The second-order valence-corrected chi connectivity index (χ2v) is 21.6. The van der Waals surface area contributed by atoms with Gasteiger partial charge in [0, 0.05) is 19.3 Å². The van der Waals surface area contributed by atoms with E-state index in [2.05, 4.69) is 148 Å². The molecule has 0 amide bonds. The van der Waals surface area contributed by atoms with Crippen molar-refractivity contribution in [1.82, 2.24) is 0 Å². The molecule has 0 radical (unpaired) electrons. The van der Waals surface area contributed by atoms with Crippen molar-refractivity contribution in [3.8, 4) is 0 Å². The van der Waals surface area contributed by atoms with E-state index in [9.17, 15) is 14.4 Å². The van der Waals surface area contributed by atoms with Gasteiger partial charge in [-0.05, 0) is 128 Å². The number of hydrogen-bond donors (Lipinski definition) is 0. The molecule has 0 fully saturated rings. The van der Waals surface area contributed by atoms with Crippen molar-refractivity contribution < 1.29 is 28.6 Å². The van der Waals surface area contributed by atoms with Crippen LogP contribution >= 0.6 is 0 Å². The maximum Gasteiger partial charge on any atom is 0.306 e. The summed E-state index contributed by atoms with van der Waals surface area (Å²) in [6.07, 6.45) is 94.7. The number of allylic oxidation sites excluding steroid dienone is 22. The molecule has 0 aliphatic carbocycles. The van der Waals surface area contributed by atoms with Crippen LogP contribution in [0.4, 0.5) is 0 Å². The van der Waals surface area contributed by atoms with Crippen LogP contribution in [0, 0.1) is 0 Å². The summed E-state index contributed by atoms with van der Waals surface area (Å²) >= 11 is 0. The Morgan fingerprint density at radius 2 is 0.512 bits per heavy atom. The van der Waals surface area contributed by atoms with E-state index in [1.807, 2.05) is 6.08 Å². The van der Waals surface area contributed by atoms with Gasteiger partial charge in [-0.15, -0.1) is 0 Å². The molecular formula is C74H122O6. The predicted molar refractivity (Wildman–Crippen MR) is 348 cm³/mol. The highest BCUT2D eigenvalue weighted by atomic mass is 16.6. The molecule has 0 aromatic rings. The Balaban J connectivity index is 4.48. The molecule has 0 rings (SSSR count). The van der Waals surface area contributed by atoms with Crippen LogP contribution in [0.15, 0.2) is 134 Å². The van der Waals surface area contributed by atoms with Crippen molar-refractivity contribution in [2.45, 2.75) is 303 Å². The van der Waals surface area contributed by atoms with E-state index in [-0.39, 0.29) is 31.6 Å². The lowest BCUT2D eigenvalue weighted by molar-refractivity contribution is -0.166. The third-order valence-corrected chi connectivity index (χ3v) is 13.9. The predicted octanol–water partition coefficient (Wildman–Crippen LogP) is 22.9. The molecule has 0 aliphatic rings. The van der Waals surface area contributed by atoms with Gasteiger partial charge in [0.15, 0.2) is 6.10 Å². The van der Waals surface area contributed by atoms with Gasteiger partial charge in [0.05, 0.1) is 0 Å². The standard InChI is InChI=1S/C74H122O6/c1-4-7-10-13-16-19-22-25-28-31-34-35-36-37-38-39-41-43-46-49-52-55-58-61-64-67-73(76)79-70-71(69-78-72(75)66-63-60-57-54-51-48-45-42-33-30-27-24-21-18-15-12-9-6-3)80-74(77)68-65-62-59-56-53-50-47-44-40-32-29-26-23-20-17-14-11-8-5-2/h8,11,17,20-22,24-26,29-31,33-34,36-37,40,44,50,53,59,62,71H,4-7,9-10,12-16,18-19,23,27-28,32,35,38-39,41-43,45-49,51-52,54-58,60-61,63-70H2,1-3H3/b11-8-,20-17-,24-21-,25-22-,29-26-,33-30-,34-31-,37-36-,44-40-,53-50-,62-59-. The molecule has 454 valence electrons. The fraction of sp³-hybridized carbons (Fsp3) is 0.662. The summed E-state index contributed by atoms with van der Waals surface area (Å²) in [6, 6.07) is 0. The highest BCUT2D eigenvalue weighted by Gasteiger charge is 2.19. The fourth-order valence-corrected chi connectivity index (χ4v) is 8.92. The first kappa shape index (κ1) is 75.5. The molecule has 0 heterocycles. The van der Waals surface area contributed by atoms with E-state index in [0.717, 1.165) is 103 Å². The van der Waals surface area contributed by atoms with Gasteiger partial charge in [0.2, 0.25) is 0 Å². The summed E-state index contributed by atoms with van der Waals surface area (Å²) in [5, 5.41) is 0. The summed E-state index contributed by atoms with van der Waals surface area (Å²) in [5.74, 6) is -1.01. The zero-order valence-corrected chi connectivity index (χ0v) is 52.0. The zero-order valence-electron chi connectivity index (χ0n) is 52.0. The van der Waals surface area contributed by atoms with Crippen LogP contribution in [-0.4, -0.2) is 37.2 Å². The van der Waals surface area contributed by atoms with Crippen LogP contribution in [0.25, 0.3) is 0 Å². The van der Waals surface area contributed by atoms with Crippen molar-refractivity contribution in [3.63, 3.8) is 0 Å². The Bertz CT molecular complexity index is 1700. The van der Waals surface area contributed by atoms with E-state index >= 15 is 0 Å². The second-order valence-electron chi connectivity index (χ2n) is 21.6. The van der Waals surface area contributed by atoms with Crippen molar-refractivity contribution in [2.75, 3.05) is 13.2 Å². The minimum Gasteiger partial charge on any atom is -0.462 e. The summed E-state index contributed by atoms with van der Waals surface area (Å²) < 4.78 is 16.9. The highest BCUT2D eigenvalue weighted by Crippen LogP contribution is 2.15. The van der Waals surface area contributed by atoms with Gasteiger partial charge < -0.3 is 14.2 Å². The van der Waals surface area contributed by atoms with E-state index < -0.39 is 12.1 Å². The number of unbranched alkanes of at least 4 members (excludes halogenated alkanes) is 26. The van der Waals surface area contributed by atoms with Gasteiger partial charge in [-0.1, -0.05) is 283 Å². The van der Waals surface area contributed by atoms with Crippen molar-refractivity contribution in [3.05, 3.63) is 134 Å². The largest absolute Gasteiger partial charge is 0.462 e. The first-order chi connectivity index (χ1) is 39.5. The van der Waals surface area contributed by atoms with Gasteiger partial charge in [-0.2, -0.15) is 0 Å². The van der Waals surface area contributed by atoms with Crippen LogP contribution in [0.1, 0.15) is 297 Å². The fourth-order valence-electron chi connectivity index (χ4n) is 8.92. The normalized spacial score (nSPS) is 13.0. The summed E-state index contributed by atoms with van der Waals surface area (Å²) in [6.45, 7) is 6.44. The third-order valence-electron chi connectivity index (χ3n) is 13.9. The van der Waals surface area contributed by atoms with E-state index in [4.69, 9.17) is 14.2 Å². The van der Waals surface area contributed by atoms with Gasteiger partial charge in [0.25, 0.3) is 0 Å². The Hall–Kier alpha value is -4.45. The molecule has 1 unspecified atom stereocenters. The van der Waals surface area contributed by atoms with Crippen molar-refractivity contribution in [2.24, 2.45) is 0 Å². The topological polar surface area (TPSA) is 78.9 Å². The maximum atomic E-state index is 12.9. The quantitative estimate of drug-likeness (QED) is 0.0261. The van der Waals surface area contributed by atoms with Gasteiger partial charge >= 0.3 is 17.9 Å². The minimum absolute atomic E-state index is 0.116. The SMILES string of the molecule is CC/C=C\C/C=C\C/C=C\C/C=C\C/C=C\C/C=C\CCC(=O)OC(COC(=O)CCCCCCCCC/C=C\C/C=C\CCCCCC)COC(=O)CCCCCCCCCCCC/C=C\C/C=C\C/C=C\CCCCCCC. The first-order valence-electron chi connectivity index (χ1n) is 33.2. The second kappa shape index (κ2) is 67.1. The van der Waals surface area contributed by atoms with Gasteiger partial charge in [-0.25, -0.2) is 0 Å². The molecule has 6 nitrogen and oxygen atoms in total. The molecule has 80 heavy (non-hydrogen) atoms. The number of esters is 3. The Morgan fingerprint density at radius 3 is 0.825 bits per heavy atom. The maximum absolute atomic E-state index is 12.9. The van der Waals surface area contributed by atoms with Crippen molar-refractivity contribution in [1.29, 1.82) is 0 Å². The average Bonchev–Trinajstić information content (AvgIpc) is 3.46. The highest BCUT2D eigenvalue weighted by molar-refractivity contribution is 5.71. The molecule has 0 aliphatic heterocycles. The summed E-state index contributed by atoms with van der Waals surface area (Å²) in [7, 11) is 0. The van der Waals surface area contributed by atoms with Crippen molar-refractivity contribution >= 4 is 17.9 Å². The molecule has 0 spiro atoms. The van der Waals surface area contributed by atoms with Crippen LogP contribution in [-0.2, 0) is 28.6 Å². The van der Waals surface area contributed by atoms with Gasteiger partial charge in [0.1, 0.15) is 13.2 Å². The molecule has 0 saturated carbocycles. The lowest BCUT2D eigenvalue weighted by Crippen LogP contribution is -2.30. The molecule has 0 N–H and O–H groups in total. The third kappa shape index (κ3) is 64.4. The first-order valence-corrected chi connectivity index (χ1v) is 33.2. The Kier molecular flexibility index (Phi) is 63.3. The summed E-state index contributed by atoms with van der Waals surface area (Å²) in [4.78, 5) is 38.4. The summed E-state index contributed by atoms with van der Waals surface area (Å²) in [5.41, 5.74) is 0. The number of ether oxygens (including phenoxy) is 3. The lowest BCUT2D eigenvalue weighted by atomic mass is 10.1. The van der Waals surface area contributed by atoms with E-state index in [1.165, 1.54) is 148 Å².